The van der Waals surface area contributed by atoms with Crippen LogP contribution >= 0.6 is 0 Å². The zero-order valence-electron chi connectivity index (χ0n) is 10.3. The highest BCUT2D eigenvalue weighted by atomic mass is 16.4. The lowest BCUT2D eigenvalue weighted by Crippen LogP contribution is -2.22. The number of pyridine rings is 2. The largest absolute Gasteiger partial charge is 0.477 e. The molecule has 0 saturated carbocycles. The lowest BCUT2D eigenvalue weighted by Gasteiger charge is -2.00. The van der Waals surface area contributed by atoms with E-state index in [0.717, 1.165) is 0 Å². The Morgan fingerprint density at radius 3 is 2.80 bits per heavy atom. The first-order chi connectivity index (χ1) is 9.65. The van der Waals surface area contributed by atoms with Gasteiger partial charge in [-0.25, -0.2) is 19.3 Å². The summed E-state index contributed by atoms with van der Waals surface area (Å²) in [6.45, 7) is 0.127. The van der Waals surface area contributed by atoms with Gasteiger partial charge in [-0.2, -0.15) is 0 Å². The van der Waals surface area contributed by atoms with E-state index in [9.17, 15) is 9.59 Å². The van der Waals surface area contributed by atoms with Gasteiger partial charge in [0.15, 0.2) is 5.65 Å². The Balaban J connectivity index is 2.01. The number of aromatic carboxylic acids is 1. The molecule has 0 aromatic carbocycles. The molecule has 0 aliphatic carbocycles. The second-order valence-corrected chi connectivity index (χ2v) is 4.19. The lowest BCUT2D eigenvalue weighted by atomic mass is 10.3. The Morgan fingerprint density at radius 2 is 2.05 bits per heavy atom. The van der Waals surface area contributed by atoms with Gasteiger partial charge in [0.2, 0.25) is 0 Å². The highest BCUT2D eigenvalue weighted by Crippen LogP contribution is 2.02. The van der Waals surface area contributed by atoms with Crippen LogP contribution in [-0.2, 0) is 6.54 Å². The van der Waals surface area contributed by atoms with E-state index in [4.69, 9.17) is 5.11 Å². The van der Waals surface area contributed by atoms with Crippen LogP contribution in [0.2, 0.25) is 0 Å². The average Bonchev–Trinajstić information content (AvgIpc) is 2.76. The van der Waals surface area contributed by atoms with Crippen molar-refractivity contribution in [1.82, 2.24) is 19.2 Å². The fraction of sp³-hybridized carbons (Fsp3) is 0.0769. The van der Waals surface area contributed by atoms with Gasteiger partial charge in [-0.05, 0) is 24.3 Å². The number of hydrogen-bond acceptors (Lipinski definition) is 4. The van der Waals surface area contributed by atoms with Crippen LogP contribution < -0.4 is 5.69 Å². The monoisotopic (exact) mass is 270 g/mol. The number of nitrogens with zero attached hydrogens (tertiary/aromatic N) is 4. The van der Waals surface area contributed by atoms with E-state index in [1.54, 1.807) is 36.5 Å². The molecule has 3 heterocycles. The van der Waals surface area contributed by atoms with Crippen molar-refractivity contribution in [2.45, 2.75) is 6.54 Å². The molecular formula is C13H10N4O3. The summed E-state index contributed by atoms with van der Waals surface area (Å²) in [6, 6.07) is 9.89. The summed E-state index contributed by atoms with van der Waals surface area (Å²) in [6.07, 6.45) is 1.63. The maximum absolute atomic E-state index is 12.1. The molecule has 1 N–H and O–H groups in total. The Bertz CT molecular complexity index is 850. The molecule has 0 spiro atoms. The fourth-order valence-corrected chi connectivity index (χ4v) is 1.91. The van der Waals surface area contributed by atoms with Crippen molar-refractivity contribution in [3.63, 3.8) is 0 Å². The zero-order valence-corrected chi connectivity index (χ0v) is 10.3. The van der Waals surface area contributed by atoms with Crippen LogP contribution in [0.4, 0.5) is 0 Å². The van der Waals surface area contributed by atoms with E-state index in [1.807, 2.05) is 0 Å². The normalized spacial score (nSPS) is 10.8. The second kappa shape index (κ2) is 4.61. The molecule has 0 saturated heterocycles. The van der Waals surface area contributed by atoms with Gasteiger partial charge < -0.3 is 5.11 Å². The third-order valence-corrected chi connectivity index (χ3v) is 2.83. The predicted molar refractivity (Wildman–Crippen MR) is 69.8 cm³/mol. The molecule has 3 aromatic heterocycles. The van der Waals surface area contributed by atoms with Gasteiger partial charge in [-0.15, -0.1) is 5.10 Å². The van der Waals surface area contributed by atoms with Gasteiger partial charge >= 0.3 is 11.7 Å². The van der Waals surface area contributed by atoms with Gasteiger partial charge in [-0.3, -0.25) is 4.40 Å². The topological polar surface area (TPSA) is 89.5 Å². The minimum absolute atomic E-state index is 0.0562. The summed E-state index contributed by atoms with van der Waals surface area (Å²) >= 11 is 0. The van der Waals surface area contributed by atoms with E-state index in [1.165, 1.54) is 15.1 Å². The fourth-order valence-electron chi connectivity index (χ4n) is 1.91. The van der Waals surface area contributed by atoms with Crippen LogP contribution in [0.3, 0.4) is 0 Å². The van der Waals surface area contributed by atoms with E-state index in [0.29, 0.717) is 11.3 Å². The quantitative estimate of drug-likeness (QED) is 0.754. The van der Waals surface area contributed by atoms with Crippen molar-refractivity contribution in [3.8, 4) is 0 Å². The molecule has 0 aliphatic heterocycles. The van der Waals surface area contributed by atoms with Crippen LogP contribution in [0.1, 0.15) is 16.2 Å². The SMILES string of the molecule is O=C(O)c1cccc(Cn2nc3ccccn3c2=O)n1. The van der Waals surface area contributed by atoms with E-state index >= 15 is 0 Å². The standard InChI is InChI=1S/C13H10N4O3/c18-12(19)10-5-3-4-9(14-10)8-17-13(20)16-7-2-1-6-11(16)15-17/h1-7H,8H2,(H,18,19). The summed E-state index contributed by atoms with van der Waals surface area (Å²) < 4.78 is 2.67. The molecule has 100 valence electrons. The summed E-state index contributed by atoms with van der Waals surface area (Å²) in [4.78, 5) is 26.9. The highest BCUT2D eigenvalue weighted by molar-refractivity contribution is 5.85. The lowest BCUT2D eigenvalue weighted by molar-refractivity contribution is 0.0690. The van der Waals surface area contributed by atoms with E-state index < -0.39 is 5.97 Å². The summed E-state index contributed by atoms with van der Waals surface area (Å²) in [7, 11) is 0. The number of rotatable bonds is 3. The third kappa shape index (κ3) is 2.05. The molecule has 3 aromatic rings. The van der Waals surface area contributed by atoms with Crippen LogP contribution in [0.15, 0.2) is 47.4 Å². The zero-order chi connectivity index (χ0) is 14.1. The maximum atomic E-state index is 12.1. The van der Waals surface area contributed by atoms with Crippen molar-refractivity contribution in [3.05, 3.63) is 64.5 Å². The van der Waals surface area contributed by atoms with Crippen molar-refractivity contribution in [2.24, 2.45) is 0 Å². The van der Waals surface area contributed by atoms with Gasteiger partial charge in [0.25, 0.3) is 0 Å². The predicted octanol–water partition coefficient (Wildman–Crippen LogP) is 0.637. The molecule has 0 aliphatic rings. The molecule has 0 atom stereocenters. The van der Waals surface area contributed by atoms with Gasteiger partial charge in [0, 0.05) is 6.20 Å². The molecule has 7 heteroatoms. The Kier molecular flexibility index (Phi) is 2.79. The van der Waals surface area contributed by atoms with Crippen molar-refractivity contribution < 1.29 is 9.90 Å². The van der Waals surface area contributed by atoms with E-state index in [-0.39, 0.29) is 17.9 Å². The Hall–Kier alpha value is -2.96. The average molecular weight is 270 g/mol. The number of aromatic nitrogens is 4. The van der Waals surface area contributed by atoms with Gasteiger partial charge in [-0.1, -0.05) is 12.1 Å². The van der Waals surface area contributed by atoms with Crippen molar-refractivity contribution in [2.75, 3.05) is 0 Å². The molecule has 0 radical (unpaired) electrons. The third-order valence-electron chi connectivity index (χ3n) is 2.83. The molecule has 7 nitrogen and oxygen atoms in total. The number of carbonyl (C=O) groups is 1. The van der Waals surface area contributed by atoms with Crippen LogP contribution in [0, 0.1) is 0 Å². The molecule has 3 rings (SSSR count). The smallest absolute Gasteiger partial charge is 0.354 e. The molecule has 0 bridgehead atoms. The summed E-state index contributed by atoms with van der Waals surface area (Å²) in [5, 5.41) is 13.1. The van der Waals surface area contributed by atoms with Crippen molar-refractivity contribution in [1.29, 1.82) is 0 Å². The first-order valence-corrected chi connectivity index (χ1v) is 5.88. The van der Waals surface area contributed by atoms with Crippen molar-refractivity contribution >= 4 is 11.6 Å². The molecule has 0 amide bonds. The maximum Gasteiger partial charge on any atom is 0.354 e. The Morgan fingerprint density at radius 1 is 1.20 bits per heavy atom. The molecule has 20 heavy (non-hydrogen) atoms. The highest BCUT2D eigenvalue weighted by Gasteiger charge is 2.09. The number of carboxylic acids is 1. The number of carboxylic acid groups (broad SMARTS) is 1. The summed E-state index contributed by atoms with van der Waals surface area (Å²) in [5.41, 5.74) is 0.657. The number of hydrogen-bond donors (Lipinski definition) is 1. The van der Waals surface area contributed by atoms with Crippen LogP contribution in [0.5, 0.6) is 0 Å². The van der Waals surface area contributed by atoms with Crippen LogP contribution in [-0.4, -0.2) is 30.2 Å². The number of fused-ring (bicyclic) bond motifs is 1. The Labute approximate surface area is 112 Å². The minimum atomic E-state index is -1.10. The second-order valence-electron chi connectivity index (χ2n) is 4.19. The molecular weight excluding hydrogens is 260 g/mol. The first-order valence-electron chi connectivity index (χ1n) is 5.88. The molecule has 0 fully saturated rings. The minimum Gasteiger partial charge on any atom is -0.477 e. The molecule has 0 unspecified atom stereocenters. The van der Waals surface area contributed by atoms with E-state index in [2.05, 4.69) is 10.1 Å². The van der Waals surface area contributed by atoms with Gasteiger partial charge in [0.1, 0.15) is 5.69 Å². The summed E-state index contributed by atoms with van der Waals surface area (Å²) in [5.74, 6) is -1.10. The first kappa shape index (κ1) is 12.1. The van der Waals surface area contributed by atoms with Gasteiger partial charge in [0.05, 0.1) is 12.2 Å². The van der Waals surface area contributed by atoms with Crippen LogP contribution in [0.25, 0.3) is 5.65 Å².